The van der Waals surface area contributed by atoms with E-state index in [4.69, 9.17) is 14.6 Å². The molecule has 9 nitrogen and oxygen atoms in total. The average molecular weight is 402 g/mol. The van der Waals surface area contributed by atoms with Gasteiger partial charge in [0.2, 0.25) is 12.1 Å². The third-order valence-electron chi connectivity index (χ3n) is 5.05. The van der Waals surface area contributed by atoms with E-state index in [1.165, 1.54) is 18.2 Å². The first-order valence-electron chi connectivity index (χ1n) is 8.82. The summed E-state index contributed by atoms with van der Waals surface area (Å²) in [7, 11) is 0. The van der Waals surface area contributed by atoms with Crippen LogP contribution in [-0.4, -0.2) is 68.3 Å². The molecule has 4 rings (SSSR count). The Bertz CT molecular complexity index is 1030. The molecule has 1 heterocycles. The largest absolute Gasteiger partial charge is 0.507 e. The van der Waals surface area contributed by atoms with E-state index in [1.807, 2.05) is 0 Å². The van der Waals surface area contributed by atoms with Gasteiger partial charge in [0.05, 0.1) is 17.7 Å². The summed E-state index contributed by atoms with van der Waals surface area (Å²) < 4.78 is 10.7. The number of aryl methyl sites for hydroxylation is 1. The van der Waals surface area contributed by atoms with E-state index in [0.29, 0.717) is 5.56 Å². The Labute approximate surface area is 164 Å². The summed E-state index contributed by atoms with van der Waals surface area (Å²) in [5, 5.41) is 49.4. The summed E-state index contributed by atoms with van der Waals surface area (Å²) in [4.78, 5) is 25.7. The van der Waals surface area contributed by atoms with Gasteiger partial charge in [-0.3, -0.25) is 9.59 Å². The predicted octanol–water partition coefficient (Wildman–Crippen LogP) is -0.000580. The van der Waals surface area contributed by atoms with Crippen molar-refractivity contribution in [2.75, 3.05) is 6.61 Å². The minimum atomic E-state index is -1.47. The maximum atomic E-state index is 12.9. The van der Waals surface area contributed by atoms with Crippen molar-refractivity contribution in [3.05, 3.63) is 52.1 Å². The molecule has 1 fully saturated rings. The number of phenolic OH excluding ortho intramolecular Hbond substituents is 2. The zero-order valence-electron chi connectivity index (χ0n) is 15.2. The summed E-state index contributed by atoms with van der Waals surface area (Å²) in [5.41, 5.74) is 0.00314. The molecular formula is C20H18O9. The molecule has 0 amide bonds. The number of aliphatic hydroxyl groups excluding tert-OH is 3. The molecule has 0 radical (unpaired) electrons. The summed E-state index contributed by atoms with van der Waals surface area (Å²) in [5.74, 6) is -2.28. The highest BCUT2D eigenvalue weighted by Gasteiger charge is 2.44. The van der Waals surface area contributed by atoms with Gasteiger partial charge in [-0.2, -0.15) is 0 Å². The van der Waals surface area contributed by atoms with Crippen molar-refractivity contribution in [1.29, 1.82) is 0 Å². The summed E-state index contributed by atoms with van der Waals surface area (Å²) in [6.45, 7) is 1.12. The van der Waals surface area contributed by atoms with Crippen LogP contribution < -0.4 is 4.74 Å². The Morgan fingerprint density at radius 3 is 2.17 bits per heavy atom. The van der Waals surface area contributed by atoms with E-state index in [2.05, 4.69) is 0 Å². The molecule has 2 aliphatic rings. The van der Waals surface area contributed by atoms with Crippen LogP contribution in [0.25, 0.3) is 0 Å². The number of ether oxygens (including phenoxy) is 2. The summed E-state index contributed by atoms with van der Waals surface area (Å²) in [6, 6.07) is 5.10. The lowest BCUT2D eigenvalue weighted by molar-refractivity contribution is -0.116. The Morgan fingerprint density at radius 2 is 1.55 bits per heavy atom. The fraction of sp³-hybridized carbons (Fsp3) is 0.300. The molecule has 0 spiro atoms. The molecular weight excluding hydrogens is 384 g/mol. The third kappa shape index (κ3) is 2.95. The lowest BCUT2D eigenvalue weighted by Crippen LogP contribution is -2.35. The van der Waals surface area contributed by atoms with Gasteiger partial charge >= 0.3 is 0 Å². The first-order chi connectivity index (χ1) is 13.7. The van der Waals surface area contributed by atoms with Crippen molar-refractivity contribution in [3.63, 3.8) is 0 Å². The van der Waals surface area contributed by atoms with Crippen LogP contribution in [-0.2, 0) is 4.74 Å². The number of phenols is 2. The van der Waals surface area contributed by atoms with Gasteiger partial charge < -0.3 is 35.0 Å². The molecule has 1 aliphatic heterocycles. The van der Waals surface area contributed by atoms with Crippen LogP contribution in [0.5, 0.6) is 17.2 Å². The van der Waals surface area contributed by atoms with Gasteiger partial charge in [0, 0.05) is 17.2 Å². The number of fused-ring (bicyclic) bond motifs is 2. The van der Waals surface area contributed by atoms with Gasteiger partial charge in [0.25, 0.3) is 0 Å². The van der Waals surface area contributed by atoms with Crippen molar-refractivity contribution in [2.24, 2.45) is 0 Å². The Kier molecular flexibility index (Phi) is 4.55. The summed E-state index contributed by atoms with van der Waals surface area (Å²) >= 11 is 0. The Balaban J connectivity index is 1.73. The maximum absolute atomic E-state index is 12.9. The van der Waals surface area contributed by atoms with Crippen LogP contribution in [0.3, 0.4) is 0 Å². The van der Waals surface area contributed by atoms with Gasteiger partial charge in [-0.15, -0.1) is 0 Å². The molecule has 29 heavy (non-hydrogen) atoms. The third-order valence-corrected chi connectivity index (χ3v) is 5.05. The molecule has 1 aliphatic carbocycles. The highest BCUT2D eigenvalue weighted by molar-refractivity contribution is 6.30. The summed E-state index contributed by atoms with van der Waals surface area (Å²) in [6.07, 6.45) is -5.25. The van der Waals surface area contributed by atoms with Gasteiger partial charge in [-0.25, -0.2) is 0 Å². The van der Waals surface area contributed by atoms with Crippen LogP contribution in [0.15, 0.2) is 24.3 Å². The highest BCUT2D eigenvalue weighted by atomic mass is 16.7. The number of carbonyl (C=O) groups is 2. The zero-order chi connectivity index (χ0) is 21.0. The topological polar surface area (TPSA) is 154 Å². The van der Waals surface area contributed by atoms with Crippen molar-refractivity contribution in [2.45, 2.75) is 31.5 Å². The van der Waals surface area contributed by atoms with E-state index in [-0.39, 0.29) is 33.8 Å². The molecule has 4 unspecified atom stereocenters. The average Bonchev–Trinajstić information content (AvgIpc) is 2.93. The Morgan fingerprint density at radius 1 is 0.931 bits per heavy atom. The fourth-order valence-electron chi connectivity index (χ4n) is 3.64. The minimum absolute atomic E-state index is 0.00414. The molecule has 0 aromatic heterocycles. The number of rotatable bonds is 3. The van der Waals surface area contributed by atoms with Crippen LogP contribution in [0.2, 0.25) is 0 Å². The van der Waals surface area contributed by atoms with Crippen LogP contribution in [0.1, 0.15) is 37.4 Å². The number of carbonyl (C=O) groups excluding carboxylic acids is 2. The number of ketones is 2. The van der Waals surface area contributed by atoms with Crippen molar-refractivity contribution in [3.8, 4) is 17.2 Å². The van der Waals surface area contributed by atoms with E-state index < -0.39 is 48.5 Å². The molecule has 0 saturated carbocycles. The van der Waals surface area contributed by atoms with E-state index >= 15 is 0 Å². The van der Waals surface area contributed by atoms with E-state index in [9.17, 15) is 30.0 Å². The molecule has 4 atom stereocenters. The molecule has 2 aromatic rings. The van der Waals surface area contributed by atoms with Gasteiger partial charge in [-0.1, -0.05) is 0 Å². The maximum Gasteiger partial charge on any atom is 0.229 e. The number of aromatic hydroxyl groups is 2. The molecule has 5 N–H and O–H groups in total. The van der Waals surface area contributed by atoms with Crippen LogP contribution >= 0.6 is 0 Å². The number of benzene rings is 2. The van der Waals surface area contributed by atoms with Crippen molar-refractivity contribution < 1.29 is 44.6 Å². The molecule has 1 saturated heterocycles. The second-order valence-electron chi connectivity index (χ2n) is 7.05. The normalized spacial score (nSPS) is 25.7. The highest BCUT2D eigenvalue weighted by Crippen LogP contribution is 2.40. The minimum Gasteiger partial charge on any atom is -0.507 e. The number of hydrogen-bond donors (Lipinski definition) is 5. The van der Waals surface area contributed by atoms with Crippen LogP contribution in [0, 0.1) is 6.92 Å². The first kappa shape index (κ1) is 19.3. The van der Waals surface area contributed by atoms with Gasteiger partial charge in [0.15, 0.2) is 5.78 Å². The SMILES string of the molecule is Cc1cc(O)c2c(c1)C(=O)c1cc(OC3OC(CO)C(O)C3O)cc(O)c1C2=O. The van der Waals surface area contributed by atoms with E-state index in [0.717, 1.165) is 6.07 Å². The van der Waals surface area contributed by atoms with Gasteiger partial charge in [0.1, 0.15) is 35.6 Å². The van der Waals surface area contributed by atoms with Crippen molar-refractivity contribution >= 4 is 11.6 Å². The zero-order valence-corrected chi connectivity index (χ0v) is 15.2. The van der Waals surface area contributed by atoms with E-state index in [1.54, 1.807) is 6.92 Å². The molecule has 152 valence electrons. The molecule has 0 bridgehead atoms. The second kappa shape index (κ2) is 6.82. The number of hydrogen-bond acceptors (Lipinski definition) is 9. The van der Waals surface area contributed by atoms with Crippen LogP contribution in [0.4, 0.5) is 0 Å². The quantitative estimate of drug-likeness (QED) is 0.407. The monoisotopic (exact) mass is 402 g/mol. The lowest BCUT2D eigenvalue weighted by atomic mass is 9.82. The smallest absolute Gasteiger partial charge is 0.229 e. The molecule has 2 aromatic carbocycles. The standard InChI is InChI=1S/C20H18O9/c1-7-2-9-14(11(22)3-7)18(26)15-10(16(9)24)4-8(5-12(15)23)28-20-19(27)17(25)13(6-21)29-20/h2-5,13,17,19-23,25,27H,6H2,1H3. The lowest BCUT2D eigenvalue weighted by Gasteiger charge is -2.22. The fourth-order valence-corrected chi connectivity index (χ4v) is 3.64. The second-order valence-corrected chi connectivity index (χ2v) is 7.05. The Hall–Kier alpha value is -2.98. The number of aliphatic hydroxyl groups is 3. The first-order valence-corrected chi connectivity index (χ1v) is 8.82. The molecule has 9 heteroatoms. The van der Waals surface area contributed by atoms with Gasteiger partial charge in [-0.05, 0) is 30.7 Å². The predicted molar refractivity (Wildman–Crippen MR) is 96.2 cm³/mol. The van der Waals surface area contributed by atoms with Crippen molar-refractivity contribution in [1.82, 2.24) is 0 Å².